The van der Waals surface area contributed by atoms with Gasteiger partial charge in [0.05, 0.1) is 30.5 Å². The first-order valence-corrected chi connectivity index (χ1v) is 7.68. The summed E-state index contributed by atoms with van der Waals surface area (Å²) in [4.78, 5) is 23.7. The van der Waals surface area contributed by atoms with Crippen molar-refractivity contribution in [1.29, 1.82) is 0 Å². The van der Waals surface area contributed by atoms with Crippen molar-refractivity contribution >= 4 is 34.9 Å². The first-order chi connectivity index (χ1) is 12.2. The van der Waals surface area contributed by atoms with Gasteiger partial charge in [0.2, 0.25) is 5.91 Å². The van der Waals surface area contributed by atoms with Crippen molar-refractivity contribution in [1.82, 2.24) is 0 Å². The second kappa shape index (κ2) is 8.09. The van der Waals surface area contributed by atoms with E-state index in [4.69, 9.17) is 11.6 Å². The minimum Gasteiger partial charge on any atom is -0.465 e. The quantitative estimate of drug-likeness (QED) is 0.756. The van der Waals surface area contributed by atoms with E-state index in [1.807, 2.05) is 0 Å². The summed E-state index contributed by atoms with van der Waals surface area (Å²) in [6.07, 6.45) is -4.67. The molecule has 2 N–H and O–H groups in total. The molecule has 0 aliphatic heterocycles. The van der Waals surface area contributed by atoms with Crippen molar-refractivity contribution in [3.05, 3.63) is 58.6 Å². The van der Waals surface area contributed by atoms with Crippen LogP contribution >= 0.6 is 11.6 Å². The largest absolute Gasteiger partial charge is 0.465 e. The van der Waals surface area contributed by atoms with Crippen molar-refractivity contribution in [2.24, 2.45) is 0 Å². The molecular formula is C17H14ClF3N2O3. The number of amides is 1. The number of ether oxygens (including phenoxy) is 1. The number of benzene rings is 2. The van der Waals surface area contributed by atoms with E-state index >= 15 is 0 Å². The molecule has 0 heterocycles. The predicted molar refractivity (Wildman–Crippen MR) is 91.4 cm³/mol. The lowest BCUT2D eigenvalue weighted by Gasteiger charge is -2.15. The highest BCUT2D eigenvalue weighted by Crippen LogP contribution is 2.36. The summed E-state index contributed by atoms with van der Waals surface area (Å²) in [6.45, 7) is -0.353. The third-order valence-corrected chi connectivity index (χ3v) is 3.57. The van der Waals surface area contributed by atoms with Crippen molar-refractivity contribution in [2.75, 3.05) is 24.3 Å². The van der Waals surface area contributed by atoms with Crippen LogP contribution in [0, 0.1) is 0 Å². The Bertz CT molecular complexity index is 825. The summed E-state index contributed by atoms with van der Waals surface area (Å²) in [6, 6.07) is 9.33. The first-order valence-electron chi connectivity index (χ1n) is 7.30. The zero-order valence-electron chi connectivity index (χ0n) is 13.5. The van der Waals surface area contributed by atoms with E-state index in [2.05, 4.69) is 15.4 Å². The normalized spacial score (nSPS) is 11.0. The Morgan fingerprint density at radius 2 is 1.81 bits per heavy atom. The van der Waals surface area contributed by atoms with Gasteiger partial charge in [-0.15, -0.1) is 0 Å². The fourth-order valence-electron chi connectivity index (χ4n) is 2.16. The van der Waals surface area contributed by atoms with Gasteiger partial charge in [0, 0.05) is 10.7 Å². The van der Waals surface area contributed by atoms with Crippen LogP contribution in [0.1, 0.15) is 15.9 Å². The van der Waals surface area contributed by atoms with Crippen molar-refractivity contribution < 1.29 is 27.5 Å². The number of carbonyl (C=O) groups excluding carboxylic acids is 2. The number of hydrogen-bond acceptors (Lipinski definition) is 4. The Hall–Kier alpha value is -2.74. The molecule has 0 spiro atoms. The van der Waals surface area contributed by atoms with Gasteiger partial charge in [0.15, 0.2) is 0 Å². The zero-order chi connectivity index (χ0) is 19.3. The fourth-order valence-corrected chi connectivity index (χ4v) is 2.33. The standard InChI is InChI=1S/C17H14ClF3N2O3/c1-26-16(25)11-4-2-3-5-13(11)22-9-15(24)23-14-7-6-10(18)8-12(14)17(19,20)21/h2-8,22H,9H2,1H3,(H,23,24). The highest BCUT2D eigenvalue weighted by molar-refractivity contribution is 6.30. The Labute approximate surface area is 152 Å². The van der Waals surface area contributed by atoms with E-state index in [-0.39, 0.29) is 17.1 Å². The average molecular weight is 387 g/mol. The molecule has 0 unspecified atom stereocenters. The molecule has 1 amide bonds. The lowest BCUT2D eigenvalue weighted by atomic mass is 10.1. The SMILES string of the molecule is COC(=O)c1ccccc1NCC(=O)Nc1ccc(Cl)cc1C(F)(F)F. The number of halogens is 4. The van der Waals surface area contributed by atoms with Crippen LogP contribution in [0.3, 0.4) is 0 Å². The summed E-state index contributed by atoms with van der Waals surface area (Å²) in [5.74, 6) is -1.33. The summed E-state index contributed by atoms with van der Waals surface area (Å²) in [7, 11) is 1.21. The van der Waals surface area contributed by atoms with Crippen molar-refractivity contribution in [3.63, 3.8) is 0 Å². The number of para-hydroxylation sites is 1. The molecule has 0 atom stereocenters. The Balaban J connectivity index is 2.11. The number of methoxy groups -OCH3 is 1. The van der Waals surface area contributed by atoms with E-state index < -0.39 is 29.3 Å². The number of alkyl halides is 3. The minimum atomic E-state index is -4.67. The molecule has 2 aromatic carbocycles. The smallest absolute Gasteiger partial charge is 0.418 e. The molecule has 0 aromatic heterocycles. The number of hydrogen-bond donors (Lipinski definition) is 2. The maximum Gasteiger partial charge on any atom is 0.418 e. The molecule has 138 valence electrons. The van der Waals surface area contributed by atoms with Crippen LogP contribution in [0.15, 0.2) is 42.5 Å². The van der Waals surface area contributed by atoms with Crippen LogP contribution in [0.4, 0.5) is 24.5 Å². The van der Waals surface area contributed by atoms with Gasteiger partial charge in [-0.3, -0.25) is 4.79 Å². The highest BCUT2D eigenvalue weighted by atomic mass is 35.5. The van der Waals surface area contributed by atoms with Gasteiger partial charge >= 0.3 is 12.1 Å². The van der Waals surface area contributed by atoms with Crippen molar-refractivity contribution in [3.8, 4) is 0 Å². The van der Waals surface area contributed by atoms with Gasteiger partial charge < -0.3 is 15.4 Å². The number of rotatable bonds is 5. The van der Waals surface area contributed by atoms with Gasteiger partial charge in [-0.1, -0.05) is 23.7 Å². The Morgan fingerprint density at radius 3 is 2.46 bits per heavy atom. The summed E-state index contributed by atoms with van der Waals surface area (Å²) < 4.78 is 43.7. The monoisotopic (exact) mass is 386 g/mol. The molecule has 2 aromatic rings. The number of anilines is 2. The summed E-state index contributed by atoms with van der Waals surface area (Å²) in [5, 5.41) is 4.78. The maximum atomic E-state index is 13.0. The van der Waals surface area contributed by atoms with Crippen molar-refractivity contribution in [2.45, 2.75) is 6.18 Å². The molecule has 0 radical (unpaired) electrons. The Kier molecular flexibility index (Phi) is 6.10. The topological polar surface area (TPSA) is 67.4 Å². The van der Waals surface area contributed by atoms with E-state index in [9.17, 15) is 22.8 Å². The number of nitrogens with one attached hydrogen (secondary N) is 2. The second-order valence-corrected chi connectivity index (χ2v) is 5.56. The Morgan fingerprint density at radius 1 is 1.12 bits per heavy atom. The molecular weight excluding hydrogens is 373 g/mol. The van der Waals surface area contributed by atoms with Crippen LogP contribution < -0.4 is 10.6 Å². The van der Waals surface area contributed by atoms with E-state index in [1.165, 1.54) is 19.2 Å². The molecule has 0 saturated heterocycles. The lowest BCUT2D eigenvalue weighted by Crippen LogP contribution is -2.24. The predicted octanol–water partition coefficient (Wildman–Crippen LogP) is 4.20. The minimum absolute atomic E-state index is 0.0968. The molecule has 9 heteroatoms. The van der Waals surface area contributed by atoms with Gasteiger partial charge in [-0.25, -0.2) is 4.79 Å². The zero-order valence-corrected chi connectivity index (χ0v) is 14.2. The molecule has 5 nitrogen and oxygen atoms in total. The van der Waals surface area contributed by atoms with Crippen LogP contribution in [-0.4, -0.2) is 25.5 Å². The van der Waals surface area contributed by atoms with Gasteiger partial charge in [-0.05, 0) is 30.3 Å². The van der Waals surface area contributed by atoms with Crippen LogP contribution in [0.5, 0.6) is 0 Å². The first kappa shape index (κ1) is 19.6. The molecule has 0 aliphatic carbocycles. The third kappa shape index (κ3) is 4.89. The van der Waals surface area contributed by atoms with Gasteiger partial charge in [-0.2, -0.15) is 13.2 Å². The van der Waals surface area contributed by atoms with E-state index in [0.717, 1.165) is 12.1 Å². The van der Waals surface area contributed by atoms with Crippen LogP contribution in [-0.2, 0) is 15.7 Å². The van der Waals surface area contributed by atoms with Crippen LogP contribution in [0.25, 0.3) is 0 Å². The third-order valence-electron chi connectivity index (χ3n) is 3.33. The molecule has 0 saturated carbocycles. The second-order valence-electron chi connectivity index (χ2n) is 5.13. The summed E-state index contributed by atoms with van der Waals surface area (Å²) in [5.41, 5.74) is -0.935. The lowest BCUT2D eigenvalue weighted by molar-refractivity contribution is -0.137. The molecule has 2 rings (SSSR count). The molecule has 26 heavy (non-hydrogen) atoms. The molecule has 0 bridgehead atoms. The number of esters is 1. The highest BCUT2D eigenvalue weighted by Gasteiger charge is 2.34. The maximum absolute atomic E-state index is 13.0. The molecule has 0 aliphatic rings. The summed E-state index contributed by atoms with van der Waals surface area (Å²) >= 11 is 5.59. The fraction of sp³-hybridized carbons (Fsp3) is 0.176. The van der Waals surface area contributed by atoms with Crippen LogP contribution in [0.2, 0.25) is 5.02 Å². The van der Waals surface area contributed by atoms with Gasteiger partial charge in [0.25, 0.3) is 0 Å². The van der Waals surface area contributed by atoms with Gasteiger partial charge in [0.1, 0.15) is 0 Å². The molecule has 0 fully saturated rings. The van der Waals surface area contributed by atoms with E-state index in [0.29, 0.717) is 5.69 Å². The number of carbonyl (C=O) groups is 2. The van der Waals surface area contributed by atoms with E-state index in [1.54, 1.807) is 18.2 Å². The average Bonchev–Trinajstić information content (AvgIpc) is 2.60.